The Hall–Kier alpha value is -1.90. The Morgan fingerprint density at radius 1 is 1.14 bits per heavy atom. The highest BCUT2D eigenvalue weighted by atomic mass is 35.5. The molecule has 0 saturated heterocycles. The molecule has 4 heteroatoms. The number of halogens is 2. The Labute approximate surface area is 138 Å². The SMILES string of the molecule is CC1=C2Cc3c(Cl)cccc3C=C2Oc2cc(O)c(Cl)cc21. The van der Waals surface area contributed by atoms with E-state index in [1.54, 1.807) is 12.1 Å². The highest BCUT2D eigenvalue weighted by Crippen LogP contribution is 2.45. The van der Waals surface area contributed by atoms with Gasteiger partial charge in [0.05, 0.1) is 5.02 Å². The first-order valence-electron chi connectivity index (χ1n) is 6.94. The third-order valence-electron chi connectivity index (χ3n) is 4.22. The predicted octanol–water partition coefficient (Wildman–Crippen LogP) is 5.46. The Bertz CT molecular complexity index is 879. The fraction of sp³-hybridized carbons (Fsp3) is 0.111. The largest absolute Gasteiger partial charge is 0.506 e. The van der Waals surface area contributed by atoms with E-state index in [1.807, 2.05) is 31.2 Å². The average Bonchev–Trinajstić information content (AvgIpc) is 2.49. The van der Waals surface area contributed by atoms with Crippen LogP contribution in [0.25, 0.3) is 11.6 Å². The van der Waals surface area contributed by atoms with Crippen molar-refractivity contribution in [2.75, 3.05) is 0 Å². The maximum Gasteiger partial charge on any atom is 0.138 e. The molecule has 22 heavy (non-hydrogen) atoms. The van der Waals surface area contributed by atoms with Crippen molar-refractivity contribution in [2.24, 2.45) is 0 Å². The van der Waals surface area contributed by atoms with Crippen molar-refractivity contribution in [3.05, 3.63) is 68.4 Å². The van der Waals surface area contributed by atoms with Crippen LogP contribution in [0, 0.1) is 0 Å². The number of hydrogen-bond acceptors (Lipinski definition) is 2. The number of fused-ring (bicyclic) bond motifs is 3. The van der Waals surface area contributed by atoms with Crippen LogP contribution in [0.3, 0.4) is 0 Å². The molecule has 1 N–H and O–H groups in total. The van der Waals surface area contributed by atoms with E-state index < -0.39 is 0 Å². The lowest BCUT2D eigenvalue weighted by Gasteiger charge is -2.28. The molecular formula is C18H12Cl2O2. The molecule has 0 saturated carbocycles. The molecule has 2 nitrogen and oxygen atoms in total. The summed E-state index contributed by atoms with van der Waals surface area (Å²) in [4.78, 5) is 0. The first-order valence-corrected chi connectivity index (χ1v) is 7.70. The van der Waals surface area contributed by atoms with Crippen LogP contribution in [0.1, 0.15) is 23.6 Å². The standard InChI is InChI=1S/C18H12Cl2O2/c1-9-11-6-13-10(3-2-4-14(13)19)5-17(11)22-18-8-16(21)15(20)7-12(9)18/h2-5,7-8,21H,6H2,1H3. The minimum atomic E-state index is 0.0246. The Morgan fingerprint density at radius 3 is 2.77 bits per heavy atom. The van der Waals surface area contributed by atoms with Crippen LogP contribution in [0.5, 0.6) is 11.5 Å². The van der Waals surface area contributed by atoms with Crippen LogP contribution >= 0.6 is 23.2 Å². The molecule has 0 atom stereocenters. The third-order valence-corrected chi connectivity index (χ3v) is 4.88. The van der Waals surface area contributed by atoms with Crippen molar-refractivity contribution in [1.82, 2.24) is 0 Å². The Kier molecular flexibility index (Phi) is 3.00. The minimum absolute atomic E-state index is 0.0246. The summed E-state index contributed by atoms with van der Waals surface area (Å²) < 4.78 is 5.98. The van der Waals surface area contributed by atoms with Crippen molar-refractivity contribution in [3.8, 4) is 11.5 Å². The van der Waals surface area contributed by atoms with Crippen LogP contribution in [-0.2, 0) is 6.42 Å². The van der Waals surface area contributed by atoms with Crippen molar-refractivity contribution >= 4 is 34.9 Å². The topological polar surface area (TPSA) is 29.5 Å². The molecule has 0 fully saturated rings. The van der Waals surface area contributed by atoms with E-state index in [0.717, 1.165) is 45.0 Å². The first-order chi connectivity index (χ1) is 10.5. The lowest BCUT2D eigenvalue weighted by atomic mass is 9.86. The molecule has 1 aliphatic heterocycles. The zero-order valence-corrected chi connectivity index (χ0v) is 13.3. The summed E-state index contributed by atoms with van der Waals surface area (Å²) in [6.07, 6.45) is 2.72. The van der Waals surface area contributed by atoms with Gasteiger partial charge in [-0.2, -0.15) is 0 Å². The molecule has 0 spiro atoms. The molecule has 1 aliphatic carbocycles. The van der Waals surface area contributed by atoms with Crippen LogP contribution in [0.15, 0.2) is 41.7 Å². The number of aromatic hydroxyl groups is 1. The average molecular weight is 331 g/mol. The monoisotopic (exact) mass is 330 g/mol. The van der Waals surface area contributed by atoms with Gasteiger partial charge in [-0.25, -0.2) is 0 Å². The van der Waals surface area contributed by atoms with Gasteiger partial charge in [-0.15, -0.1) is 0 Å². The maximum atomic E-state index is 9.79. The summed E-state index contributed by atoms with van der Waals surface area (Å²) in [6, 6.07) is 9.17. The van der Waals surface area contributed by atoms with E-state index in [-0.39, 0.29) is 5.75 Å². The van der Waals surface area contributed by atoms with Crippen LogP contribution in [-0.4, -0.2) is 5.11 Å². The zero-order chi connectivity index (χ0) is 15.4. The van der Waals surface area contributed by atoms with Gasteiger partial charge in [0.1, 0.15) is 17.3 Å². The van der Waals surface area contributed by atoms with E-state index in [4.69, 9.17) is 27.9 Å². The molecule has 0 radical (unpaired) electrons. The van der Waals surface area contributed by atoms with Crippen molar-refractivity contribution in [2.45, 2.75) is 13.3 Å². The Balaban J connectivity index is 1.93. The second-order valence-electron chi connectivity index (χ2n) is 5.50. The van der Waals surface area contributed by atoms with Gasteiger partial charge in [-0.3, -0.25) is 0 Å². The smallest absolute Gasteiger partial charge is 0.138 e. The minimum Gasteiger partial charge on any atom is -0.506 e. The fourth-order valence-corrected chi connectivity index (χ4v) is 3.41. The van der Waals surface area contributed by atoms with E-state index in [9.17, 15) is 5.11 Å². The van der Waals surface area contributed by atoms with E-state index in [1.165, 1.54) is 0 Å². The van der Waals surface area contributed by atoms with Crippen LogP contribution in [0.4, 0.5) is 0 Å². The molecule has 2 aliphatic rings. The highest BCUT2D eigenvalue weighted by Gasteiger charge is 2.27. The number of hydrogen-bond donors (Lipinski definition) is 1. The summed E-state index contributed by atoms with van der Waals surface area (Å²) in [5, 5.41) is 10.9. The highest BCUT2D eigenvalue weighted by molar-refractivity contribution is 6.32. The first kappa shape index (κ1) is 13.7. The fourth-order valence-electron chi connectivity index (χ4n) is 3.00. The lowest BCUT2D eigenvalue weighted by Crippen LogP contribution is -2.14. The predicted molar refractivity (Wildman–Crippen MR) is 89.5 cm³/mol. The molecule has 2 aromatic rings. The third kappa shape index (κ3) is 1.95. The number of allylic oxidation sites excluding steroid dienone is 2. The summed E-state index contributed by atoms with van der Waals surface area (Å²) in [5.74, 6) is 1.46. The Morgan fingerprint density at radius 2 is 1.95 bits per heavy atom. The molecule has 0 bridgehead atoms. The molecule has 0 aromatic heterocycles. The number of phenolic OH excluding ortho intramolecular Hbond substituents is 1. The quantitative estimate of drug-likeness (QED) is 0.694. The van der Waals surface area contributed by atoms with Crippen LogP contribution in [0.2, 0.25) is 10.0 Å². The molecule has 0 amide bonds. The molecule has 1 heterocycles. The van der Waals surface area contributed by atoms with Gasteiger partial charge in [0.15, 0.2) is 0 Å². The second kappa shape index (κ2) is 4.80. The molecule has 4 rings (SSSR count). The van der Waals surface area contributed by atoms with E-state index in [0.29, 0.717) is 10.8 Å². The molecule has 2 aromatic carbocycles. The number of rotatable bonds is 0. The molecule has 0 unspecified atom stereocenters. The van der Waals surface area contributed by atoms with E-state index in [2.05, 4.69) is 0 Å². The maximum absolute atomic E-state index is 9.79. The van der Waals surface area contributed by atoms with Gasteiger partial charge in [-0.05, 0) is 41.8 Å². The van der Waals surface area contributed by atoms with Gasteiger partial charge >= 0.3 is 0 Å². The lowest BCUT2D eigenvalue weighted by molar-refractivity contribution is 0.421. The van der Waals surface area contributed by atoms with Crippen molar-refractivity contribution in [1.29, 1.82) is 0 Å². The number of benzene rings is 2. The van der Waals surface area contributed by atoms with E-state index >= 15 is 0 Å². The molecular weight excluding hydrogens is 319 g/mol. The summed E-state index contributed by atoms with van der Waals surface area (Å²) in [7, 11) is 0. The van der Waals surface area contributed by atoms with Gasteiger partial charge < -0.3 is 9.84 Å². The number of phenols is 1. The van der Waals surface area contributed by atoms with Gasteiger partial charge in [0.25, 0.3) is 0 Å². The number of ether oxygens (including phenoxy) is 1. The summed E-state index contributed by atoms with van der Waals surface area (Å²) in [6.45, 7) is 2.04. The van der Waals surface area contributed by atoms with Gasteiger partial charge in [0, 0.05) is 28.6 Å². The second-order valence-corrected chi connectivity index (χ2v) is 6.31. The normalized spacial score (nSPS) is 15.5. The van der Waals surface area contributed by atoms with Gasteiger partial charge in [0.2, 0.25) is 0 Å². The van der Waals surface area contributed by atoms with Crippen LogP contribution < -0.4 is 4.74 Å². The summed E-state index contributed by atoms with van der Waals surface area (Å²) in [5.41, 5.74) is 5.29. The molecule has 110 valence electrons. The summed E-state index contributed by atoms with van der Waals surface area (Å²) >= 11 is 12.3. The zero-order valence-electron chi connectivity index (χ0n) is 11.8. The van der Waals surface area contributed by atoms with Gasteiger partial charge in [-0.1, -0.05) is 35.3 Å². The van der Waals surface area contributed by atoms with Crippen molar-refractivity contribution in [3.63, 3.8) is 0 Å². The van der Waals surface area contributed by atoms with Crippen molar-refractivity contribution < 1.29 is 9.84 Å².